The van der Waals surface area contributed by atoms with E-state index in [0.29, 0.717) is 12.5 Å². The molecule has 0 aliphatic heterocycles. The van der Waals surface area contributed by atoms with E-state index in [-0.39, 0.29) is 12.3 Å². The maximum absolute atomic E-state index is 11.7. The van der Waals surface area contributed by atoms with E-state index >= 15 is 0 Å². The number of ether oxygens (including phenoxy) is 1. The quantitative estimate of drug-likeness (QED) is 0.607. The topological polar surface area (TPSA) is 55.4 Å². The Labute approximate surface area is 107 Å². The van der Waals surface area contributed by atoms with Crippen molar-refractivity contribution in [1.82, 2.24) is 4.72 Å². The summed E-state index contributed by atoms with van der Waals surface area (Å²) in [7, 11) is -1.78. The van der Waals surface area contributed by atoms with E-state index in [1.807, 2.05) is 6.07 Å². The average Bonchev–Trinajstić information content (AvgIpc) is 2.29. The summed E-state index contributed by atoms with van der Waals surface area (Å²) in [5, 5.41) is 0. The third-order valence-corrected chi connectivity index (χ3v) is 3.80. The van der Waals surface area contributed by atoms with E-state index in [4.69, 9.17) is 16.3 Å². The SMILES string of the molecule is COCCNS(=O)(=O)Cc1cccc(CCl)c1. The lowest BCUT2D eigenvalue weighted by atomic mass is 10.2. The third-order valence-electron chi connectivity index (χ3n) is 2.13. The number of methoxy groups -OCH3 is 1. The van der Waals surface area contributed by atoms with Crippen LogP contribution in [0, 0.1) is 0 Å². The van der Waals surface area contributed by atoms with E-state index in [0.717, 1.165) is 11.1 Å². The molecule has 0 amide bonds. The standard InChI is InChI=1S/C11H16ClNO3S/c1-16-6-5-13-17(14,15)9-11-4-2-3-10(7-11)8-12/h2-4,7,13H,5-6,8-9H2,1H3. The summed E-state index contributed by atoms with van der Waals surface area (Å²) in [5.41, 5.74) is 1.64. The van der Waals surface area contributed by atoms with Crippen LogP contribution >= 0.6 is 11.6 Å². The molecule has 0 saturated heterocycles. The molecule has 6 heteroatoms. The molecule has 0 aliphatic carbocycles. The zero-order valence-electron chi connectivity index (χ0n) is 9.65. The van der Waals surface area contributed by atoms with Crippen molar-refractivity contribution in [3.63, 3.8) is 0 Å². The van der Waals surface area contributed by atoms with Gasteiger partial charge in [-0.1, -0.05) is 24.3 Å². The van der Waals surface area contributed by atoms with Crippen LogP contribution in [-0.2, 0) is 26.4 Å². The highest BCUT2D eigenvalue weighted by atomic mass is 35.5. The Morgan fingerprint density at radius 2 is 2.06 bits per heavy atom. The summed E-state index contributed by atoms with van der Waals surface area (Å²) in [6.45, 7) is 0.648. The van der Waals surface area contributed by atoms with Crippen molar-refractivity contribution < 1.29 is 13.2 Å². The Bertz CT molecular complexity index is 448. The van der Waals surface area contributed by atoms with E-state index in [1.165, 1.54) is 7.11 Å². The molecule has 0 aliphatic rings. The fraction of sp³-hybridized carbons (Fsp3) is 0.455. The Morgan fingerprint density at radius 3 is 2.71 bits per heavy atom. The molecule has 0 radical (unpaired) electrons. The number of hydrogen-bond donors (Lipinski definition) is 1. The molecule has 1 aromatic carbocycles. The lowest BCUT2D eigenvalue weighted by Crippen LogP contribution is -2.28. The van der Waals surface area contributed by atoms with Gasteiger partial charge in [-0.2, -0.15) is 0 Å². The second kappa shape index (κ2) is 6.96. The minimum Gasteiger partial charge on any atom is -0.383 e. The van der Waals surface area contributed by atoms with Gasteiger partial charge in [0.15, 0.2) is 0 Å². The molecule has 4 nitrogen and oxygen atoms in total. The van der Waals surface area contributed by atoms with Crippen molar-refractivity contribution >= 4 is 21.6 Å². The van der Waals surface area contributed by atoms with Gasteiger partial charge in [0.1, 0.15) is 0 Å². The molecule has 0 bridgehead atoms. The van der Waals surface area contributed by atoms with Gasteiger partial charge in [0.2, 0.25) is 10.0 Å². The van der Waals surface area contributed by atoms with Gasteiger partial charge in [-0.05, 0) is 11.1 Å². The molecule has 1 N–H and O–H groups in total. The maximum Gasteiger partial charge on any atom is 0.215 e. The Hall–Kier alpha value is -0.620. The molecule has 0 aromatic heterocycles. The first kappa shape index (κ1) is 14.4. The van der Waals surface area contributed by atoms with Crippen LogP contribution in [0.5, 0.6) is 0 Å². The van der Waals surface area contributed by atoms with Crippen molar-refractivity contribution in [2.24, 2.45) is 0 Å². The predicted molar refractivity (Wildman–Crippen MR) is 68.5 cm³/mol. The highest BCUT2D eigenvalue weighted by Crippen LogP contribution is 2.10. The van der Waals surface area contributed by atoms with Gasteiger partial charge in [0, 0.05) is 19.5 Å². The molecule has 0 fully saturated rings. The van der Waals surface area contributed by atoms with Crippen LogP contribution in [0.3, 0.4) is 0 Å². The summed E-state index contributed by atoms with van der Waals surface area (Å²) in [6.07, 6.45) is 0. The number of rotatable bonds is 7. The summed E-state index contributed by atoms with van der Waals surface area (Å²) >= 11 is 5.69. The number of halogens is 1. The minimum absolute atomic E-state index is 0.0402. The Kier molecular flexibility index (Phi) is 5.91. The van der Waals surface area contributed by atoms with Crippen molar-refractivity contribution in [2.75, 3.05) is 20.3 Å². The lowest BCUT2D eigenvalue weighted by molar-refractivity contribution is 0.204. The smallest absolute Gasteiger partial charge is 0.215 e. The predicted octanol–water partition coefficient (Wildman–Crippen LogP) is 1.49. The second-order valence-electron chi connectivity index (χ2n) is 3.60. The van der Waals surface area contributed by atoms with E-state index in [1.54, 1.807) is 18.2 Å². The van der Waals surface area contributed by atoms with Gasteiger partial charge in [-0.3, -0.25) is 0 Å². The molecule has 0 atom stereocenters. The van der Waals surface area contributed by atoms with Crippen molar-refractivity contribution in [2.45, 2.75) is 11.6 Å². The molecule has 0 spiro atoms. The average molecular weight is 278 g/mol. The molecule has 1 aromatic rings. The zero-order chi connectivity index (χ0) is 12.7. The van der Waals surface area contributed by atoms with E-state index in [2.05, 4.69) is 4.72 Å². The molecular weight excluding hydrogens is 262 g/mol. The monoisotopic (exact) mass is 277 g/mol. The molecule has 1 rings (SSSR count). The van der Waals surface area contributed by atoms with Gasteiger partial charge in [-0.25, -0.2) is 13.1 Å². The number of hydrogen-bond acceptors (Lipinski definition) is 3. The van der Waals surface area contributed by atoms with Crippen LogP contribution in [0.15, 0.2) is 24.3 Å². The summed E-state index contributed by atoms with van der Waals surface area (Å²) in [6, 6.07) is 7.23. The van der Waals surface area contributed by atoms with Crippen LogP contribution in [-0.4, -0.2) is 28.7 Å². The molecule has 17 heavy (non-hydrogen) atoms. The first-order chi connectivity index (χ1) is 8.07. The van der Waals surface area contributed by atoms with Gasteiger partial charge < -0.3 is 4.74 Å². The summed E-state index contributed by atoms with van der Waals surface area (Å²) in [5.74, 6) is 0.340. The van der Waals surface area contributed by atoms with Gasteiger partial charge in [0.25, 0.3) is 0 Å². The highest BCUT2D eigenvalue weighted by Gasteiger charge is 2.10. The third kappa shape index (κ3) is 5.50. The molecular formula is C11H16ClNO3S. The molecule has 0 heterocycles. The van der Waals surface area contributed by atoms with Crippen LogP contribution < -0.4 is 4.72 Å². The lowest BCUT2D eigenvalue weighted by Gasteiger charge is -2.07. The number of alkyl halides is 1. The van der Waals surface area contributed by atoms with Crippen LogP contribution in [0.2, 0.25) is 0 Å². The van der Waals surface area contributed by atoms with Crippen LogP contribution in [0.25, 0.3) is 0 Å². The highest BCUT2D eigenvalue weighted by molar-refractivity contribution is 7.88. The normalized spacial score (nSPS) is 11.6. The fourth-order valence-corrected chi connectivity index (χ4v) is 2.65. The Morgan fingerprint density at radius 1 is 1.35 bits per heavy atom. The second-order valence-corrected chi connectivity index (χ2v) is 5.67. The van der Waals surface area contributed by atoms with Crippen LogP contribution in [0.4, 0.5) is 0 Å². The largest absolute Gasteiger partial charge is 0.383 e. The molecule has 0 unspecified atom stereocenters. The van der Waals surface area contributed by atoms with Crippen LogP contribution in [0.1, 0.15) is 11.1 Å². The summed E-state index contributed by atoms with van der Waals surface area (Å²) < 4.78 is 30.6. The van der Waals surface area contributed by atoms with Crippen molar-refractivity contribution in [3.05, 3.63) is 35.4 Å². The number of benzene rings is 1. The zero-order valence-corrected chi connectivity index (χ0v) is 11.2. The fourth-order valence-electron chi connectivity index (χ4n) is 1.37. The first-order valence-corrected chi connectivity index (χ1v) is 7.36. The molecule has 96 valence electrons. The minimum atomic E-state index is -3.30. The maximum atomic E-state index is 11.7. The van der Waals surface area contributed by atoms with Gasteiger partial charge >= 0.3 is 0 Å². The van der Waals surface area contributed by atoms with E-state index < -0.39 is 10.0 Å². The van der Waals surface area contributed by atoms with Crippen molar-refractivity contribution in [3.8, 4) is 0 Å². The van der Waals surface area contributed by atoms with E-state index in [9.17, 15) is 8.42 Å². The summed E-state index contributed by atoms with van der Waals surface area (Å²) in [4.78, 5) is 0. The molecule has 0 saturated carbocycles. The van der Waals surface area contributed by atoms with Gasteiger partial charge in [0.05, 0.1) is 12.4 Å². The Balaban J connectivity index is 2.62. The number of sulfonamides is 1. The first-order valence-electron chi connectivity index (χ1n) is 5.17. The van der Waals surface area contributed by atoms with Crippen molar-refractivity contribution in [1.29, 1.82) is 0 Å². The number of nitrogens with one attached hydrogen (secondary N) is 1. The van der Waals surface area contributed by atoms with Gasteiger partial charge in [-0.15, -0.1) is 11.6 Å².